The van der Waals surface area contributed by atoms with Gasteiger partial charge in [-0.15, -0.1) is 0 Å². The molecule has 1 aromatic rings. The van der Waals surface area contributed by atoms with E-state index in [1.807, 2.05) is 0 Å². The van der Waals surface area contributed by atoms with Crippen LogP contribution < -0.4 is 10.6 Å². The zero-order valence-corrected chi connectivity index (χ0v) is 19.7. The Morgan fingerprint density at radius 3 is 2.52 bits per heavy atom. The SMILES string of the molecule is COC(=O)c1ccc(NC(=O)C2CC[C@H]3[C@@H]4CCC5NC(=O)C=C[C@]5(C)[C@@H]4CC[C@]23C)cc1. The van der Waals surface area contributed by atoms with Gasteiger partial charge in [-0.25, -0.2) is 4.79 Å². The maximum atomic E-state index is 13.4. The predicted octanol–water partition coefficient (Wildman–Crippen LogP) is 4.33. The van der Waals surface area contributed by atoms with E-state index < -0.39 is 0 Å². The highest BCUT2D eigenvalue weighted by Crippen LogP contribution is 2.65. The Balaban J connectivity index is 1.32. The summed E-state index contributed by atoms with van der Waals surface area (Å²) in [5.74, 6) is 1.43. The van der Waals surface area contributed by atoms with Gasteiger partial charge in [0.05, 0.1) is 12.7 Å². The number of carbonyl (C=O) groups is 3. The Bertz CT molecular complexity index is 1000. The van der Waals surface area contributed by atoms with Gasteiger partial charge in [-0.3, -0.25) is 9.59 Å². The molecule has 2 unspecified atom stereocenters. The number of hydrogen-bond donors (Lipinski definition) is 2. The second-order valence-electron chi connectivity index (χ2n) is 10.9. The van der Waals surface area contributed by atoms with Crippen LogP contribution in [-0.2, 0) is 14.3 Å². The Labute approximate surface area is 195 Å². The molecular weight excluding hydrogens is 416 g/mol. The van der Waals surface area contributed by atoms with Crippen LogP contribution in [0.15, 0.2) is 36.4 Å². The molecule has 0 saturated heterocycles. The molecule has 5 rings (SSSR count). The van der Waals surface area contributed by atoms with Crippen LogP contribution in [0.3, 0.4) is 0 Å². The molecule has 2 N–H and O–H groups in total. The molecule has 1 aliphatic heterocycles. The Kier molecular flexibility index (Phi) is 5.37. The van der Waals surface area contributed by atoms with Crippen LogP contribution in [0, 0.1) is 34.5 Å². The molecule has 0 aromatic heterocycles. The number of anilines is 1. The predicted molar refractivity (Wildman–Crippen MR) is 125 cm³/mol. The van der Waals surface area contributed by atoms with Crippen LogP contribution in [0.5, 0.6) is 0 Å². The number of ether oxygens (including phenoxy) is 1. The van der Waals surface area contributed by atoms with Gasteiger partial charge in [-0.05, 0) is 92.0 Å². The van der Waals surface area contributed by atoms with Crippen LogP contribution in [-0.4, -0.2) is 30.9 Å². The van der Waals surface area contributed by atoms with Crippen molar-refractivity contribution >= 4 is 23.5 Å². The highest BCUT2D eigenvalue weighted by molar-refractivity contribution is 5.94. The molecule has 6 nitrogen and oxygen atoms in total. The van der Waals surface area contributed by atoms with Crippen molar-refractivity contribution in [1.82, 2.24) is 5.32 Å². The Hall–Kier alpha value is -2.63. The molecule has 4 aliphatic rings. The summed E-state index contributed by atoms with van der Waals surface area (Å²) in [7, 11) is 1.36. The normalized spacial score (nSPS) is 39.0. The van der Waals surface area contributed by atoms with Gasteiger partial charge in [0.2, 0.25) is 11.8 Å². The third kappa shape index (κ3) is 3.49. The van der Waals surface area contributed by atoms with E-state index in [1.54, 1.807) is 30.3 Å². The molecule has 0 spiro atoms. The topological polar surface area (TPSA) is 84.5 Å². The number of methoxy groups -OCH3 is 1. The molecule has 3 aliphatic carbocycles. The monoisotopic (exact) mass is 450 g/mol. The minimum atomic E-state index is -0.383. The number of nitrogens with one attached hydrogen (secondary N) is 2. The molecule has 1 aromatic carbocycles. The smallest absolute Gasteiger partial charge is 0.337 e. The first kappa shape index (κ1) is 22.2. The van der Waals surface area contributed by atoms with E-state index in [0.29, 0.717) is 29.0 Å². The number of carbonyl (C=O) groups excluding carboxylic acids is 3. The van der Waals surface area contributed by atoms with Gasteiger partial charge >= 0.3 is 5.97 Å². The lowest BCUT2D eigenvalue weighted by molar-refractivity contribution is -0.129. The fraction of sp³-hybridized carbons (Fsp3) is 0.593. The van der Waals surface area contributed by atoms with Gasteiger partial charge in [-0.1, -0.05) is 19.9 Å². The first-order valence-electron chi connectivity index (χ1n) is 12.3. The van der Waals surface area contributed by atoms with E-state index in [2.05, 4.69) is 30.6 Å². The average molecular weight is 451 g/mol. The third-order valence-corrected chi connectivity index (χ3v) is 9.58. The van der Waals surface area contributed by atoms with Crippen molar-refractivity contribution in [2.75, 3.05) is 12.4 Å². The minimum Gasteiger partial charge on any atom is -0.465 e. The number of fused-ring (bicyclic) bond motifs is 5. The first-order chi connectivity index (χ1) is 15.8. The Morgan fingerprint density at radius 2 is 1.79 bits per heavy atom. The maximum absolute atomic E-state index is 13.4. The van der Waals surface area contributed by atoms with E-state index in [9.17, 15) is 14.4 Å². The molecule has 176 valence electrons. The number of esters is 1. The zero-order chi connectivity index (χ0) is 23.4. The molecule has 2 amide bonds. The number of rotatable bonds is 3. The van der Waals surface area contributed by atoms with E-state index in [-0.39, 0.29) is 40.6 Å². The van der Waals surface area contributed by atoms with Crippen LogP contribution >= 0.6 is 0 Å². The van der Waals surface area contributed by atoms with Gasteiger partial charge in [0, 0.05) is 23.1 Å². The van der Waals surface area contributed by atoms with E-state index in [1.165, 1.54) is 7.11 Å². The third-order valence-electron chi connectivity index (χ3n) is 9.58. The minimum absolute atomic E-state index is 0.00202. The van der Waals surface area contributed by atoms with Gasteiger partial charge < -0.3 is 15.4 Å². The molecule has 7 atom stereocenters. The quantitative estimate of drug-likeness (QED) is 0.672. The van der Waals surface area contributed by atoms with Crippen molar-refractivity contribution < 1.29 is 19.1 Å². The number of hydrogen-bond acceptors (Lipinski definition) is 4. The maximum Gasteiger partial charge on any atom is 0.337 e. The molecule has 0 bridgehead atoms. The molecular formula is C27H34N2O4. The summed E-state index contributed by atoms with van der Waals surface area (Å²) in [5.41, 5.74) is 1.20. The molecule has 0 radical (unpaired) electrons. The van der Waals surface area contributed by atoms with Crippen LogP contribution in [0.25, 0.3) is 0 Å². The standard InChI is InChI=1S/C27H34N2O4/c1-26-14-12-20-18(8-11-22-27(20,2)15-13-23(30)29-22)19(26)9-10-21(26)24(31)28-17-6-4-16(5-7-17)25(32)33-3/h4-7,13,15,18-22H,8-12,14H2,1-3H3,(H,28,31)(H,29,30)/t18-,19-,20+,21?,22?,26-,27+/m0/s1. The molecule has 3 fully saturated rings. The molecule has 33 heavy (non-hydrogen) atoms. The molecule has 3 saturated carbocycles. The van der Waals surface area contributed by atoms with Crippen LogP contribution in [0.2, 0.25) is 0 Å². The summed E-state index contributed by atoms with van der Waals surface area (Å²) in [6, 6.07) is 7.13. The molecule has 6 heteroatoms. The summed E-state index contributed by atoms with van der Waals surface area (Å²) in [5, 5.41) is 6.32. The Morgan fingerprint density at radius 1 is 1.03 bits per heavy atom. The van der Waals surface area contributed by atoms with Crippen molar-refractivity contribution in [2.24, 2.45) is 34.5 Å². The van der Waals surface area contributed by atoms with Gasteiger partial charge in [0.15, 0.2) is 0 Å². The second kappa shape index (κ2) is 8.00. The lowest BCUT2D eigenvalue weighted by atomic mass is 9.48. The second-order valence-corrected chi connectivity index (χ2v) is 10.9. The lowest BCUT2D eigenvalue weighted by Crippen LogP contribution is -2.59. The average Bonchev–Trinajstić information content (AvgIpc) is 3.17. The lowest BCUT2D eigenvalue weighted by Gasteiger charge is -2.58. The highest BCUT2D eigenvalue weighted by atomic mass is 16.5. The fourth-order valence-electron chi connectivity index (χ4n) is 7.80. The van der Waals surface area contributed by atoms with Gasteiger partial charge in [0.1, 0.15) is 0 Å². The van der Waals surface area contributed by atoms with Crippen LogP contribution in [0.1, 0.15) is 62.7 Å². The van der Waals surface area contributed by atoms with E-state index >= 15 is 0 Å². The van der Waals surface area contributed by atoms with E-state index in [4.69, 9.17) is 4.74 Å². The van der Waals surface area contributed by atoms with Crippen LogP contribution in [0.4, 0.5) is 5.69 Å². The molecule has 1 heterocycles. The van der Waals surface area contributed by atoms with Gasteiger partial charge in [0.25, 0.3) is 0 Å². The summed E-state index contributed by atoms with van der Waals surface area (Å²) in [6.07, 6.45) is 10.2. The number of benzene rings is 1. The first-order valence-corrected chi connectivity index (χ1v) is 12.3. The summed E-state index contributed by atoms with van der Waals surface area (Å²) >= 11 is 0. The largest absolute Gasteiger partial charge is 0.465 e. The van der Waals surface area contributed by atoms with Crippen molar-refractivity contribution in [3.63, 3.8) is 0 Å². The fourth-order valence-corrected chi connectivity index (χ4v) is 7.80. The van der Waals surface area contributed by atoms with E-state index in [0.717, 1.165) is 38.5 Å². The summed E-state index contributed by atoms with van der Waals surface area (Å²) in [4.78, 5) is 37.0. The van der Waals surface area contributed by atoms with Crippen molar-refractivity contribution in [3.05, 3.63) is 42.0 Å². The van der Waals surface area contributed by atoms with Crippen molar-refractivity contribution in [2.45, 2.75) is 58.4 Å². The van der Waals surface area contributed by atoms with Crippen molar-refractivity contribution in [3.8, 4) is 0 Å². The number of amides is 2. The van der Waals surface area contributed by atoms with Gasteiger partial charge in [-0.2, -0.15) is 0 Å². The summed E-state index contributed by atoms with van der Waals surface area (Å²) in [6.45, 7) is 4.66. The summed E-state index contributed by atoms with van der Waals surface area (Å²) < 4.78 is 4.75. The zero-order valence-electron chi connectivity index (χ0n) is 19.7. The highest BCUT2D eigenvalue weighted by Gasteiger charge is 2.60. The van der Waals surface area contributed by atoms with Crippen molar-refractivity contribution in [1.29, 1.82) is 0 Å².